The number of alkyl halides is 3. The van der Waals surface area contributed by atoms with Crippen LogP contribution in [0.15, 0.2) is 59.7 Å². The summed E-state index contributed by atoms with van der Waals surface area (Å²) < 4.78 is 49.5. The molecule has 14 nitrogen and oxygen atoms in total. The van der Waals surface area contributed by atoms with Crippen LogP contribution in [-0.4, -0.2) is 109 Å². The molecule has 17 heteroatoms. The smallest absolute Gasteiger partial charge is 0.390 e. The molecule has 5 heterocycles. The minimum Gasteiger partial charge on any atom is -0.393 e. The minimum atomic E-state index is -4.27. The van der Waals surface area contributed by atoms with E-state index in [1.165, 1.54) is 14.7 Å². The Bertz CT molecular complexity index is 2360. The van der Waals surface area contributed by atoms with Gasteiger partial charge < -0.3 is 19.7 Å². The largest absolute Gasteiger partial charge is 0.393 e. The summed E-state index contributed by atoms with van der Waals surface area (Å²) in [6.07, 6.45) is 1.65. The third kappa shape index (κ3) is 9.22. The second kappa shape index (κ2) is 17.2. The second-order valence-electron chi connectivity index (χ2n) is 16.0. The van der Waals surface area contributed by atoms with Crippen LogP contribution >= 0.6 is 0 Å². The number of piperazine rings is 1. The number of aromatic nitrogens is 5. The number of fused-ring (bicyclic) bond motifs is 2. The first kappa shape index (κ1) is 40.7. The molecule has 1 atom stereocenters. The van der Waals surface area contributed by atoms with Gasteiger partial charge in [-0.3, -0.25) is 33.8 Å². The molecule has 0 bridgehead atoms. The zero-order chi connectivity index (χ0) is 41.3. The fourth-order valence-electron chi connectivity index (χ4n) is 8.61. The Kier molecular flexibility index (Phi) is 11.9. The van der Waals surface area contributed by atoms with Gasteiger partial charge in [0.1, 0.15) is 11.7 Å². The van der Waals surface area contributed by atoms with Gasteiger partial charge in [0.05, 0.1) is 36.8 Å². The Hall–Kier alpha value is -5.10. The van der Waals surface area contributed by atoms with Crippen molar-refractivity contribution in [2.24, 2.45) is 7.05 Å². The van der Waals surface area contributed by atoms with Crippen molar-refractivity contribution in [3.8, 4) is 11.1 Å². The van der Waals surface area contributed by atoms with Gasteiger partial charge in [0.25, 0.3) is 0 Å². The van der Waals surface area contributed by atoms with Gasteiger partial charge in [-0.05, 0) is 60.9 Å². The number of anilines is 1. The highest BCUT2D eigenvalue weighted by atomic mass is 19.4. The third-order valence-corrected chi connectivity index (χ3v) is 12.0. The van der Waals surface area contributed by atoms with Gasteiger partial charge in [-0.1, -0.05) is 30.3 Å². The number of nitrogens with zero attached hydrogens (tertiary/aromatic N) is 7. The van der Waals surface area contributed by atoms with Gasteiger partial charge in [-0.25, -0.2) is 9.78 Å². The third-order valence-electron chi connectivity index (χ3n) is 12.0. The number of benzene rings is 2. The van der Waals surface area contributed by atoms with Gasteiger partial charge >= 0.3 is 11.9 Å². The van der Waals surface area contributed by atoms with Crippen molar-refractivity contribution < 1.29 is 32.6 Å². The van der Waals surface area contributed by atoms with Crippen molar-refractivity contribution in [3.63, 3.8) is 0 Å². The number of ether oxygens (including phenoxy) is 1. The van der Waals surface area contributed by atoms with E-state index in [0.717, 1.165) is 74.2 Å². The quantitative estimate of drug-likeness (QED) is 0.111. The van der Waals surface area contributed by atoms with Crippen LogP contribution in [0.25, 0.3) is 33.2 Å². The van der Waals surface area contributed by atoms with Gasteiger partial charge in [0, 0.05) is 88.7 Å². The molecule has 59 heavy (non-hydrogen) atoms. The molecule has 3 aromatic heterocycles. The Morgan fingerprint density at radius 2 is 1.66 bits per heavy atom. The number of aliphatic hydroxyl groups is 1. The average molecular weight is 818 g/mol. The summed E-state index contributed by atoms with van der Waals surface area (Å²) in [5.74, 6) is -0.609. The molecule has 3 N–H and O–H groups in total. The number of halogens is 3. The predicted molar refractivity (Wildman–Crippen MR) is 216 cm³/mol. The molecule has 314 valence electrons. The lowest BCUT2D eigenvalue weighted by atomic mass is 9.93. The molecule has 0 spiro atoms. The Morgan fingerprint density at radius 1 is 0.932 bits per heavy atom. The van der Waals surface area contributed by atoms with Crippen molar-refractivity contribution in [1.82, 2.24) is 38.8 Å². The van der Waals surface area contributed by atoms with Crippen molar-refractivity contribution >= 4 is 39.8 Å². The number of aryl methyl sites for hydroxylation is 1. The van der Waals surface area contributed by atoms with Crippen LogP contribution in [0.5, 0.6) is 0 Å². The number of imidazole rings is 1. The molecule has 2 aliphatic heterocycles. The number of piperidine rings is 1. The number of amides is 2. The molecule has 5 aromatic rings. The molecule has 2 saturated heterocycles. The topological polar surface area (TPSA) is 152 Å². The standard InChI is InChI=1S/C42H50F3N9O5/c1-50-36-22-28(4-11-34(36)54(41(50)58)35-12-13-37(56)48-39(35)57)26-59-21-20-51-16-18-52(19-17-51)24-27-2-5-29(6-3-27)33-25-53(30-7-9-31(55)10-8-30)38-32(33)23-47-40(49-38)46-15-14-42(43,44)45/h2-6,11,22-23,25,30-31,35,55H,7-10,12-21,24,26H2,1H3,(H,46,47,49)(H,48,56,57)/t30-,31-,35-/m0/s1. The van der Waals surface area contributed by atoms with Crippen molar-refractivity contribution in [2.75, 3.05) is 51.2 Å². The van der Waals surface area contributed by atoms with Crippen molar-refractivity contribution in [2.45, 2.75) is 82.5 Å². The van der Waals surface area contributed by atoms with E-state index >= 15 is 0 Å². The van der Waals surface area contributed by atoms with Crippen molar-refractivity contribution in [3.05, 3.63) is 76.5 Å². The Labute approximate surface area is 339 Å². The Balaban J connectivity index is 0.832. The van der Waals surface area contributed by atoms with E-state index in [-0.39, 0.29) is 42.7 Å². The summed E-state index contributed by atoms with van der Waals surface area (Å²) in [6.45, 7) is 5.99. The molecular weight excluding hydrogens is 768 g/mol. The number of carbonyl (C=O) groups excluding carboxylic acids is 2. The SMILES string of the molecule is Cn1c(=O)n([C@H]2CCC(=O)NC2=O)c2ccc(COCCN3CCN(Cc4ccc(-c5cn([C@H]6CC[C@H](O)CC6)c6nc(NCCC(F)(F)F)ncc56)cc4)CC3)cc21. The minimum absolute atomic E-state index is 0.124. The molecule has 1 saturated carbocycles. The van der Waals surface area contributed by atoms with E-state index in [2.05, 4.69) is 65.4 Å². The maximum Gasteiger partial charge on any atom is 0.390 e. The zero-order valence-electron chi connectivity index (χ0n) is 33.1. The van der Waals surface area contributed by atoms with Gasteiger partial charge in [-0.2, -0.15) is 18.2 Å². The number of rotatable bonds is 13. The average Bonchev–Trinajstić information content (AvgIpc) is 3.71. The molecule has 3 aliphatic rings. The predicted octanol–water partition coefficient (Wildman–Crippen LogP) is 4.90. The number of imide groups is 1. The zero-order valence-corrected chi connectivity index (χ0v) is 33.1. The number of aliphatic hydroxyl groups excluding tert-OH is 1. The summed E-state index contributed by atoms with van der Waals surface area (Å²) in [4.78, 5) is 51.1. The van der Waals surface area contributed by atoms with Crippen LogP contribution in [0.4, 0.5) is 19.1 Å². The van der Waals surface area contributed by atoms with Gasteiger partial charge in [-0.15, -0.1) is 0 Å². The maximum atomic E-state index is 13.1. The van der Waals surface area contributed by atoms with Crippen LogP contribution in [0, 0.1) is 0 Å². The lowest BCUT2D eigenvalue weighted by Gasteiger charge is -2.34. The van der Waals surface area contributed by atoms with E-state index in [4.69, 9.17) is 4.74 Å². The number of hydrogen-bond donors (Lipinski definition) is 3. The lowest BCUT2D eigenvalue weighted by Crippen LogP contribution is -2.46. The molecule has 1 aliphatic carbocycles. The van der Waals surface area contributed by atoms with Gasteiger partial charge in [0.15, 0.2) is 0 Å². The highest BCUT2D eigenvalue weighted by molar-refractivity contribution is 6.00. The number of carbonyl (C=O) groups is 2. The van der Waals surface area contributed by atoms with Crippen LogP contribution in [0.2, 0.25) is 0 Å². The van der Waals surface area contributed by atoms with Crippen molar-refractivity contribution in [1.29, 1.82) is 0 Å². The summed E-state index contributed by atoms with van der Waals surface area (Å²) in [5, 5.41) is 16.0. The molecule has 2 aromatic carbocycles. The monoisotopic (exact) mass is 817 g/mol. The lowest BCUT2D eigenvalue weighted by molar-refractivity contribution is -0.136. The first-order valence-electron chi connectivity index (χ1n) is 20.4. The first-order valence-corrected chi connectivity index (χ1v) is 20.4. The van der Waals surface area contributed by atoms with E-state index < -0.39 is 24.5 Å². The number of hydrogen-bond acceptors (Lipinski definition) is 10. The first-order chi connectivity index (χ1) is 28.4. The van der Waals surface area contributed by atoms with Crippen LogP contribution in [0.3, 0.4) is 0 Å². The van der Waals surface area contributed by atoms with Crippen LogP contribution in [-0.2, 0) is 34.5 Å². The molecule has 8 rings (SSSR count). The second-order valence-corrected chi connectivity index (χ2v) is 16.0. The summed E-state index contributed by atoms with van der Waals surface area (Å²) >= 11 is 0. The van der Waals surface area contributed by atoms with E-state index in [1.807, 2.05) is 18.2 Å². The maximum absolute atomic E-state index is 13.1. The van der Waals surface area contributed by atoms with E-state index in [0.29, 0.717) is 49.2 Å². The van der Waals surface area contributed by atoms with Gasteiger partial charge in [0.2, 0.25) is 17.8 Å². The fraction of sp³-hybridized carbons (Fsp3) is 0.500. The van der Waals surface area contributed by atoms with E-state index in [9.17, 15) is 32.7 Å². The summed E-state index contributed by atoms with van der Waals surface area (Å²) in [7, 11) is 1.68. The highest BCUT2D eigenvalue weighted by Gasteiger charge is 2.32. The fourth-order valence-corrected chi connectivity index (χ4v) is 8.61. The normalized spacial score (nSPS) is 21.1. The highest BCUT2D eigenvalue weighted by Crippen LogP contribution is 2.37. The summed E-state index contributed by atoms with van der Waals surface area (Å²) in [5.41, 5.74) is 5.84. The molecular formula is C42H50F3N9O5. The molecule has 0 unspecified atom stereocenters. The molecule has 2 amide bonds. The van der Waals surface area contributed by atoms with E-state index in [1.54, 1.807) is 13.2 Å². The van der Waals surface area contributed by atoms with Crippen LogP contribution < -0.4 is 16.3 Å². The van der Waals surface area contributed by atoms with Crippen LogP contribution in [0.1, 0.15) is 68.2 Å². The number of nitrogens with one attached hydrogen (secondary N) is 2. The summed E-state index contributed by atoms with van der Waals surface area (Å²) in [6, 6.07) is 13.6. The molecule has 3 fully saturated rings. The Morgan fingerprint density at radius 3 is 2.39 bits per heavy atom. The molecule has 0 radical (unpaired) electrons.